The average molecular weight is 256 g/mol. The van der Waals surface area contributed by atoms with Gasteiger partial charge in [0.2, 0.25) is 0 Å². The number of hydrogen-bond donors (Lipinski definition) is 1. The van der Waals surface area contributed by atoms with Crippen molar-refractivity contribution in [2.24, 2.45) is 0 Å². The Labute approximate surface area is 107 Å². The first-order chi connectivity index (χ1) is 8.83. The van der Waals surface area contributed by atoms with E-state index in [-0.39, 0.29) is 5.91 Å². The molecule has 18 heavy (non-hydrogen) atoms. The maximum atomic E-state index is 12.0. The molecule has 2 heterocycles. The number of rotatable bonds is 2. The molecule has 88 valence electrons. The van der Waals surface area contributed by atoms with Crippen LogP contribution in [0.3, 0.4) is 0 Å². The van der Waals surface area contributed by atoms with Crippen LogP contribution in [0.25, 0.3) is 11.0 Å². The van der Waals surface area contributed by atoms with E-state index in [0.29, 0.717) is 16.2 Å². The van der Waals surface area contributed by atoms with Gasteiger partial charge in [0.15, 0.2) is 5.13 Å². The van der Waals surface area contributed by atoms with E-state index in [0.717, 1.165) is 5.52 Å². The Morgan fingerprint density at radius 1 is 1.06 bits per heavy atom. The minimum Gasteiger partial charge on any atom is -0.298 e. The van der Waals surface area contributed by atoms with E-state index in [9.17, 15) is 4.79 Å². The molecule has 0 aliphatic carbocycles. The van der Waals surface area contributed by atoms with Crippen molar-refractivity contribution in [3.63, 3.8) is 0 Å². The van der Waals surface area contributed by atoms with Gasteiger partial charge in [-0.1, -0.05) is 0 Å². The van der Waals surface area contributed by atoms with Crippen molar-refractivity contribution in [2.45, 2.75) is 0 Å². The predicted molar refractivity (Wildman–Crippen MR) is 69.6 cm³/mol. The summed E-state index contributed by atoms with van der Waals surface area (Å²) in [6.07, 6.45) is 4.87. The molecular weight excluding hydrogens is 248 g/mol. The van der Waals surface area contributed by atoms with Crippen LogP contribution < -0.4 is 5.32 Å². The van der Waals surface area contributed by atoms with Crippen molar-refractivity contribution < 1.29 is 4.79 Å². The normalized spacial score (nSPS) is 10.4. The molecule has 1 amide bonds. The van der Waals surface area contributed by atoms with Crippen molar-refractivity contribution in [1.82, 2.24) is 15.0 Å². The minimum absolute atomic E-state index is 0.197. The van der Waals surface area contributed by atoms with Gasteiger partial charge in [0, 0.05) is 29.5 Å². The van der Waals surface area contributed by atoms with Crippen molar-refractivity contribution in [2.75, 3.05) is 5.32 Å². The number of amides is 1. The summed E-state index contributed by atoms with van der Waals surface area (Å²) >= 11 is 1.38. The molecule has 0 aliphatic heterocycles. The zero-order valence-corrected chi connectivity index (χ0v) is 10.0. The van der Waals surface area contributed by atoms with Crippen LogP contribution in [0, 0.1) is 0 Å². The second-order valence-corrected chi connectivity index (χ2v) is 4.45. The Bertz CT molecular complexity index is 696. The monoisotopic (exact) mass is 256 g/mol. The average Bonchev–Trinajstić information content (AvgIpc) is 2.91. The van der Waals surface area contributed by atoms with Crippen LogP contribution in [0.2, 0.25) is 0 Å². The van der Waals surface area contributed by atoms with Crippen LogP contribution >= 0.6 is 11.3 Å². The van der Waals surface area contributed by atoms with Crippen molar-refractivity contribution in [1.29, 1.82) is 0 Å². The van der Waals surface area contributed by atoms with Crippen molar-refractivity contribution >= 4 is 33.4 Å². The Morgan fingerprint density at radius 3 is 2.67 bits per heavy atom. The molecule has 3 rings (SSSR count). The molecule has 0 saturated carbocycles. The summed E-state index contributed by atoms with van der Waals surface area (Å²) in [6, 6.07) is 5.21. The first-order valence-corrected chi connectivity index (χ1v) is 6.12. The number of anilines is 1. The number of nitrogens with one attached hydrogen (secondary N) is 1. The lowest BCUT2D eigenvalue weighted by Crippen LogP contribution is -2.11. The first kappa shape index (κ1) is 10.8. The number of fused-ring (bicyclic) bond motifs is 1. The Kier molecular flexibility index (Phi) is 2.70. The number of nitrogens with zero attached hydrogens (tertiary/aromatic N) is 3. The van der Waals surface area contributed by atoms with Gasteiger partial charge in [0.1, 0.15) is 0 Å². The molecule has 2 aromatic heterocycles. The maximum absolute atomic E-state index is 12.0. The van der Waals surface area contributed by atoms with E-state index in [4.69, 9.17) is 0 Å². The van der Waals surface area contributed by atoms with Crippen LogP contribution in [0.1, 0.15) is 10.4 Å². The second-order valence-electron chi connectivity index (χ2n) is 3.55. The summed E-state index contributed by atoms with van der Waals surface area (Å²) in [6.45, 7) is 0. The van der Waals surface area contributed by atoms with Gasteiger partial charge in [-0.05, 0) is 18.2 Å². The molecule has 0 spiro atoms. The third kappa shape index (κ3) is 2.05. The van der Waals surface area contributed by atoms with Gasteiger partial charge in [-0.15, -0.1) is 11.3 Å². The zero-order chi connectivity index (χ0) is 12.4. The van der Waals surface area contributed by atoms with Crippen LogP contribution in [0.4, 0.5) is 5.13 Å². The second kappa shape index (κ2) is 4.50. The molecule has 0 aliphatic rings. The molecule has 6 heteroatoms. The van der Waals surface area contributed by atoms with Gasteiger partial charge >= 0.3 is 0 Å². The smallest absolute Gasteiger partial charge is 0.257 e. The van der Waals surface area contributed by atoms with Gasteiger partial charge in [-0.25, -0.2) is 4.98 Å². The van der Waals surface area contributed by atoms with Gasteiger partial charge in [-0.3, -0.25) is 20.1 Å². The summed E-state index contributed by atoms with van der Waals surface area (Å²) in [7, 11) is 0. The fourth-order valence-corrected chi connectivity index (χ4v) is 2.08. The Balaban J connectivity index is 1.92. The highest BCUT2D eigenvalue weighted by Crippen LogP contribution is 2.15. The fourth-order valence-electron chi connectivity index (χ4n) is 1.56. The summed E-state index contributed by atoms with van der Waals surface area (Å²) in [4.78, 5) is 24.3. The van der Waals surface area contributed by atoms with E-state index in [2.05, 4.69) is 20.3 Å². The molecule has 0 atom stereocenters. The lowest BCUT2D eigenvalue weighted by Gasteiger charge is -2.02. The van der Waals surface area contributed by atoms with Crippen LogP contribution in [-0.2, 0) is 0 Å². The number of carbonyl (C=O) groups excluding carboxylic acids is 1. The predicted octanol–water partition coefficient (Wildman–Crippen LogP) is 2.34. The summed E-state index contributed by atoms with van der Waals surface area (Å²) < 4.78 is 0. The van der Waals surface area contributed by atoms with Gasteiger partial charge < -0.3 is 0 Å². The van der Waals surface area contributed by atoms with E-state index in [1.54, 1.807) is 36.8 Å². The molecule has 0 radical (unpaired) electrons. The Hall–Kier alpha value is -2.34. The van der Waals surface area contributed by atoms with Gasteiger partial charge in [-0.2, -0.15) is 0 Å². The van der Waals surface area contributed by atoms with E-state index >= 15 is 0 Å². The molecule has 5 nitrogen and oxygen atoms in total. The van der Waals surface area contributed by atoms with Crippen LogP contribution in [0.5, 0.6) is 0 Å². The van der Waals surface area contributed by atoms with Gasteiger partial charge in [0.05, 0.1) is 11.0 Å². The van der Waals surface area contributed by atoms with Gasteiger partial charge in [0.25, 0.3) is 5.91 Å². The van der Waals surface area contributed by atoms with Crippen molar-refractivity contribution in [3.8, 4) is 0 Å². The van der Waals surface area contributed by atoms with Crippen LogP contribution in [-0.4, -0.2) is 20.9 Å². The molecule has 0 bridgehead atoms. The van der Waals surface area contributed by atoms with E-state index in [1.807, 2.05) is 5.38 Å². The lowest BCUT2D eigenvalue weighted by atomic mass is 10.2. The number of carbonyl (C=O) groups is 1. The third-order valence-corrected chi connectivity index (χ3v) is 3.07. The molecular formula is C12H8N4OS. The Morgan fingerprint density at radius 2 is 1.89 bits per heavy atom. The molecule has 3 aromatic rings. The zero-order valence-electron chi connectivity index (χ0n) is 9.20. The van der Waals surface area contributed by atoms with E-state index < -0.39 is 0 Å². The maximum Gasteiger partial charge on any atom is 0.257 e. The number of thiazole rings is 1. The quantitative estimate of drug-likeness (QED) is 0.764. The van der Waals surface area contributed by atoms with Crippen LogP contribution in [0.15, 0.2) is 42.2 Å². The molecule has 0 unspecified atom stereocenters. The van der Waals surface area contributed by atoms with Crippen molar-refractivity contribution in [3.05, 3.63) is 47.7 Å². The topological polar surface area (TPSA) is 67.8 Å². The molecule has 0 fully saturated rings. The highest BCUT2D eigenvalue weighted by atomic mass is 32.1. The molecule has 1 N–H and O–H groups in total. The molecule has 1 aromatic carbocycles. The SMILES string of the molecule is O=C(Nc1nccs1)c1ccc2nccnc2c1. The van der Waals surface area contributed by atoms with E-state index in [1.165, 1.54) is 11.3 Å². The first-order valence-electron chi connectivity index (χ1n) is 5.24. The fraction of sp³-hybridized carbons (Fsp3) is 0. The highest BCUT2D eigenvalue weighted by Gasteiger charge is 2.08. The lowest BCUT2D eigenvalue weighted by molar-refractivity contribution is 0.102. The minimum atomic E-state index is -0.197. The number of aromatic nitrogens is 3. The standard InChI is InChI=1S/C12H8N4OS/c17-11(16-12-15-5-6-18-12)8-1-2-9-10(7-8)14-4-3-13-9/h1-7H,(H,15,16,17). The number of hydrogen-bond acceptors (Lipinski definition) is 5. The highest BCUT2D eigenvalue weighted by molar-refractivity contribution is 7.13. The summed E-state index contributed by atoms with van der Waals surface area (Å²) in [5.41, 5.74) is 2.01. The molecule has 0 saturated heterocycles. The number of benzene rings is 1. The summed E-state index contributed by atoms with van der Waals surface area (Å²) in [5.74, 6) is -0.197. The largest absolute Gasteiger partial charge is 0.298 e. The summed E-state index contributed by atoms with van der Waals surface area (Å²) in [5, 5.41) is 5.11. The third-order valence-electron chi connectivity index (χ3n) is 2.38.